The van der Waals surface area contributed by atoms with Crippen molar-refractivity contribution in [1.29, 1.82) is 0 Å². The van der Waals surface area contributed by atoms with Crippen molar-refractivity contribution in [2.24, 2.45) is 5.14 Å². The van der Waals surface area contributed by atoms with Gasteiger partial charge in [0.2, 0.25) is 15.9 Å². The van der Waals surface area contributed by atoms with E-state index in [1.807, 2.05) is 0 Å². The predicted octanol–water partition coefficient (Wildman–Crippen LogP) is 0.901. The first kappa shape index (κ1) is 13.0. The van der Waals surface area contributed by atoms with Crippen LogP contribution in [0.3, 0.4) is 0 Å². The lowest BCUT2D eigenvalue weighted by Crippen LogP contribution is -2.18. The molecule has 0 aliphatic carbocycles. The van der Waals surface area contributed by atoms with Gasteiger partial charge in [-0.3, -0.25) is 4.79 Å². The Morgan fingerprint density at radius 1 is 1.38 bits per heavy atom. The number of hydrogen-bond acceptors (Lipinski definition) is 3. The number of nitrogens with two attached hydrogens (primary N) is 1. The Labute approximate surface area is 98.6 Å². The lowest BCUT2D eigenvalue weighted by atomic mass is 10.3. The van der Waals surface area contributed by atoms with E-state index in [9.17, 15) is 13.2 Å². The first-order valence-electron chi connectivity index (χ1n) is 4.43. The van der Waals surface area contributed by atoms with E-state index in [2.05, 4.69) is 5.32 Å². The van der Waals surface area contributed by atoms with Crippen LogP contribution in [-0.4, -0.2) is 20.2 Å². The van der Waals surface area contributed by atoms with Gasteiger partial charge in [-0.2, -0.15) is 0 Å². The molecule has 16 heavy (non-hydrogen) atoms. The third-order valence-corrected chi connectivity index (χ3v) is 2.95. The number of carbonyl (C=O) groups is 1. The number of anilines is 1. The highest BCUT2D eigenvalue weighted by molar-refractivity contribution is 7.89. The number of halogens is 1. The van der Waals surface area contributed by atoms with Gasteiger partial charge in [-0.05, 0) is 12.1 Å². The van der Waals surface area contributed by atoms with Crippen molar-refractivity contribution >= 4 is 33.2 Å². The molecule has 0 spiro atoms. The standard InChI is InChI=1S/C9H11ClN2O3S/c10-6-5-9(13)12-7-3-1-2-4-8(7)16(11,14)15/h1-4H,5-6H2,(H,12,13)(H2,11,14,15). The van der Waals surface area contributed by atoms with Crippen LogP contribution in [0.5, 0.6) is 0 Å². The number of amides is 1. The number of nitrogens with one attached hydrogen (secondary N) is 1. The van der Waals surface area contributed by atoms with Crippen molar-refractivity contribution in [2.75, 3.05) is 11.2 Å². The predicted molar refractivity (Wildman–Crippen MR) is 61.8 cm³/mol. The Morgan fingerprint density at radius 3 is 2.56 bits per heavy atom. The Bertz CT molecular complexity index is 487. The van der Waals surface area contributed by atoms with Gasteiger partial charge in [0.1, 0.15) is 4.90 Å². The molecular weight excluding hydrogens is 252 g/mol. The van der Waals surface area contributed by atoms with Crippen LogP contribution < -0.4 is 10.5 Å². The van der Waals surface area contributed by atoms with Crippen molar-refractivity contribution in [3.8, 4) is 0 Å². The monoisotopic (exact) mass is 262 g/mol. The van der Waals surface area contributed by atoms with E-state index in [-0.39, 0.29) is 28.8 Å². The number of rotatable bonds is 4. The van der Waals surface area contributed by atoms with Crippen molar-refractivity contribution in [3.63, 3.8) is 0 Å². The Morgan fingerprint density at radius 2 is 2.00 bits per heavy atom. The van der Waals surface area contributed by atoms with Crippen LogP contribution in [-0.2, 0) is 14.8 Å². The van der Waals surface area contributed by atoms with E-state index in [1.54, 1.807) is 6.07 Å². The average Bonchev–Trinajstić information content (AvgIpc) is 2.17. The second-order valence-corrected chi connectivity index (χ2v) is 4.94. The summed E-state index contributed by atoms with van der Waals surface area (Å²) in [6.07, 6.45) is 0.112. The van der Waals surface area contributed by atoms with Crippen LogP contribution in [0.25, 0.3) is 0 Å². The number of carbonyl (C=O) groups excluding carboxylic acids is 1. The molecule has 0 fully saturated rings. The average molecular weight is 263 g/mol. The van der Waals surface area contributed by atoms with E-state index in [1.165, 1.54) is 18.2 Å². The summed E-state index contributed by atoms with van der Waals surface area (Å²) in [4.78, 5) is 11.1. The second-order valence-electron chi connectivity index (χ2n) is 3.03. The third-order valence-electron chi connectivity index (χ3n) is 1.79. The minimum atomic E-state index is -3.84. The smallest absolute Gasteiger partial charge is 0.240 e. The fourth-order valence-corrected chi connectivity index (χ4v) is 1.98. The van der Waals surface area contributed by atoms with Crippen LogP contribution in [0.4, 0.5) is 5.69 Å². The zero-order chi connectivity index (χ0) is 12.2. The fourth-order valence-electron chi connectivity index (χ4n) is 1.12. The van der Waals surface area contributed by atoms with E-state index in [0.717, 1.165) is 0 Å². The summed E-state index contributed by atoms with van der Waals surface area (Å²) in [7, 11) is -3.84. The van der Waals surface area contributed by atoms with Gasteiger partial charge < -0.3 is 5.32 Å². The summed E-state index contributed by atoms with van der Waals surface area (Å²) in [5.41, 5.74) is 0.167. The molecule has 0 aliphatic heterocycles. The molecule has 1 aromatic carbocycles. The molecule has 5 nitrogen and oxygen atoms in total. The molecule has 1 rings (SSSR count). The van der Waals surface area contributed by atoms with Crippen LogP contribution in [0.1, 0.15) is 6.42 Å². The van der Waals surface area contributed by atoms with Gasteiger partial charge in [0, 0.05) is 12.3 Å². The van der Waals surface area contributed by atoms with Crippen molar-refractivity contribution in [2.45, 2.75) is 11.3 Å². The fraction of sp³-hybridized carbons (Fsp3) is 0.222. The minimum Gasteiger partial charge on any atom is -0.325 e. The molecule has 0 atom stereocenters. The number of alkyl halides is 1. The van der Waals surface area contributed by atoms with Crippen molar-refractivity contribution in [1.82, 2.24) is 0 Å². The minimum absolute atomic E-state index is 0.112. The molecule has 0 aliphatic rings. The van der Waals surface area contributed by atoms with Gasteiger partial charge in [0.15, 0.2) is 0 Å². The van der Waals surface area contributed by atoms with E-state index in [0.29, 0.717) is 0 Å². The van der Waals surface area contributed by atoms with Crippen molar-refractivity contribution < 1.29 is 13.2 Å². The van der Waals surface area contributed by atoms with Crippen LogP contribution in [0, 0.1) is 0 Å². The van der Waals surface area contributed by atoms with Crippen LogP contribution in [0.15, 0.2) is 29.2 Å². The van der Waals surface area contributed by atoms with Crippen molar-refractivity contribution in [3.05, 3.63) is 24.3 Å². The highest BCUT2D eigenvalue weighted by Crippen LogP contribution is 2.19. The maximum Gasteiger partial charge on any atom is 0.240 e. The molecule has 0 heterocycles. The van der Waals surface area contributed by atoms with Gasteiger partial charge in [-0.25, -0.2) is 13.6 Å². The topological polar surface area (TPSA) is 89.3 Å². The van der Waals surface area contributed by atoms with Gasteiger partial charge in [-0.1, -0.05) is 12.1 Å². The van der Waals surface area contributed by atoms with E-state index in [4.69, 9.17) is 16.7 Å². The number of sulfonamides is 1. The van der Waals surface area contributed by atoms with Gasteiger partial charge in [0.05, 0.1) is 5.69 Å². The summed E-state index contributed by atoms with van der Waals surface area (Å²) < 4.78 is 22.4. The van der Waals surface area contributed by atoms with E-state index >= 15 is 0 Å². The zero-order valence-corrected chi connectivity index (χ0v) is 9.88. The molecule has 88 valence electrons. The molecule has 1 aromatic rings. The molecule has 1 amide bonds. The molecule has 0 bridgehead atoms. The zero-order valence-electron chi connectivity index (χ0n) is 8.31. The van der Waals surface area contributed by atoms with Crippen LogP contribution in [0.2, 0.25) is 0 Å². The Balaban J connectivity index is 3.01. The number of hydrogen-bond donors (Lipinski definition) is 2. The number of primary sulfonamides is 1. The quantitative estimate of drug-likeness (QED) is 0.790. The molecule has 0 saturated carbocycles. The first-order valence-corrected chi connectivity index (χ1v) is 6.51. The molecular formula is C9H11ClN2O3S. The number of benzene rings is 1. The molecule has 3 N–H and O–H groups in total. The molecule has 0 radical (unpaired) electrons. The normalized spacial score (nSPS) is 11.1. The Hall–Kier alpha value is -1.11. The van der Waals surface area contributed by atoms with Gasteiger partial charge in [0.25, 0.3) is 0 Å². The second kappa shape index (κ2) is 5.29. The summed E-state index contributed by atoms with van der Waals surface area (Å²) in [6, 6.07) is 5.92. The summed E-state index contributed by atoms with van der Waals surface area (Å²) in [6.45, 7) is 0. The van der Waals surface area contributed by atoms with Gasteiger partial charge >= 0.3 is 0 Å². The summed E-state index contributed by atoms with van der Waals surface area (Å²) >= 11 is 5.39. The Kier molecular flexibility index (Phi) is 4.28. The molecule has 0 unspecified atom stereocenters. The highest BCUT2D eigenvalue weighted by atomic mass is 35.5. The largest absolute Gasteiger partial charge is 0.325 e. The molecule has 0 saturated heterocycles. The molecule has 0 aromatic heterocycles. The SMILES string of the molecule is NS(=O)(=O)c1ccccc1NC(=O)CCCl. The summed E-state index contributed by atoms with van der Waals surface area (Å²) in [5, 5.41) is 7.44. The highest BCUT2D eigenvalue weighted by Gasteiger charge is 2.14. The maximum absolute atomic E-state index is 11.3. The molecule has 7 heteroatoms. The number of para-hydroxylation sites is 1. The lowest BCUT2D eigenvalue weighted by Gasteiger charge is -2.08. The summed E-state index contributed by atoms with van der Waals surface area (Å²) in [5.74, 6) is -0.185. The first-order chi connectivity index (χ1) is 7.45. The van der Waals surface area contributed by atoms with E-state index < -0.39 is 10.0 Å². The third kappa shape index (κ3) is 3.48. The maximum atomic E-state index is 11.3. The lowest BCUT2D eigenvalue weighted by molar-refractivity contribution is -0.115. The van der Waals surface area contributed by atoms with Crippen LogP contribution >= 0.6 is 11.6 Å². The van der Waals surface area contributed by atoms with Gasteiger partial charge in [-0.15, -0.1) is 11.6 Å².